The van der Waals surface area contributed by atoms with E-state index in [1.165, 1.54) is 0 Å². The van der Waals surface area contributed by atoms with Crippen molar-refractivity contribution in [2.24, 2.45) is 0 Å². The van der Waals surface area contributed by atoms with Crippen LogP contribution in [-0.2, 0) is 5.60 Å². The molecule has 19 heavy (non-hydrogen) atoms. The van der Waals surface area contributed by atoms with Gasteiger partial charge in [-0.25, -0.2) is 0 Å². The van der Waals surface area contributed by atoms with E-state index in [1.54, 1.807) is 12.1 Å². The van der Waals surface area contributed by atoms with Crippen molar-refractivity contribution < 1.29 is 14.9 Å². The third kappa shape index (κ3) is 1.38. The van der Waals surface area contributed by atoms with Gasteiger partial charge in [0.05, 0.1) is 0 Å². The molecule has 96 valence electrons. The number of aromatic hydroxyl groups is 2. The van der Waals surface area contributed by atoms with Gasteiger partial charge in [-0.05, 0) is 55.2 Å². The minimum absolute atomic E-state index is 0.216. The summed E-state index contributed by atoms with van der Waals surface area (Å²) >= 11 is 0. The SMILES string of the molecule is Cc1cc2c(cc1O)C1(CC1)Oc1cc(O)ccc1-2. The molecule has 1 aliphatic carbocycles. The summed E-state index contributed by atoms with van der Waals surface area (Å²) in [5, 5.41) is 19.5. The molecule has 2 N–H and O–H groups in total. The highest BCUT2D eigenvalue weighted by Crippen LogP contribution is 2.58. The fraction of sp³-hybridized carbons (Fsp3) is 0.250. The lowest BCUT2D eigenvalue weighted by atomic mass is 9.89. The van der Waals surface area contributed by atoms with Crippen LogP contribution in [0.4, 0.5) is 0 Å². The highest BCUT2D eigenvalue weighted by molar-refractivity contribution is 5.79. The third-order valence-corrected chi connectivity index (χ3v) is 4.09. The summed E-state index contributed by atoms with van der Waals surface area (Å²) in [6.07, 6.45) is 1.91. The largest absolute Gasteiger partial charge is 0.508 e. The van der Waals surface area contributed by atoms with Gasteiger partial charge in [-0.1, -0.05) is 0 Å². The fourth-order valence-electron chi connectivity index (χ4n) is 2.86. The minimum atomic E-state index is -0.290. The molecule has 1 aliphatic heterocycles. The summed E-state index contributed by atoms with van der Waals surface area (Å²) in [4.78, 5) is 0. The standard InChI is InChI=1S/C16H14O3/c1-9-6-12-11-3-2-10(17)7-15(11)19-16(4-5-16)13(12)8-14(9)18/h2-3,6-8,17-18H,4-5H2,1H3. The van der Waals surface area contributed by atoms with Crippen LogP contribution in [0.15, 0.2) is 30.3 Å². The van der Waals surface area contributed by atoms with E-state index < -0.39 is 0 Å². The summed E-state index contributed by atoms with van der Waals surface area (Å²) in [5.41, 5.74) is 3.72. The molecule has 0 unspecified atom stereocenters. The summed E-state index contributed by atoms with van der Waals surface area (Å²) in [6, 6.07) is 9.03. The maximum absolute atomic E-state index is 9.93. The number of aryl methyl sites for hydroxylation is 1. The zero-order valence-corrected chi connectivity index (χ0v) is 10.6. The predicted octanol–water partition coefficient (Wildman–Crippen LogP) is 3.45. The van der Waals surface area contributed by atoms with Crippen LogP contribution in [0.5, 0.6) is 17.2 Å². The number of benzene rings is 2. The quantitative estimate of drug-likeness (QED) is 0.757. The zero-order chi connectivity index (χ0) is 13.2. The second kappa shape index (κ2) is 3.23. The zero-order valence-electron chi connectivity index (χ0n) is 10.6. The first-order valence-corrected chi connectivity index (χ1v) is 6.46. The lowest BCUT2D eigenvalue weighted by Gasteiger charge is -2.29. The van der Waals surface area contributed by atoms with E-state index in [0.29, 0.717) is 5.75 Å². The first-order valence-electron chi connectivity index (χ1n) is 6.46. The molecular formula is C16H14O3. The smallest absolute Gasteiger partial charge is 0.135 e. The summed E-state index contributed by atoms with van der Waals surface area (Å²) in [6.45, 7) is 1.89. The Morgan fingerprint density at radius 2 is 1.84 bits per heavy atom. The van der Waals surface area contributed by atoms with Crippen LogP contribution in [0.2, 0.25) is 0 Å². The maximum Gasteiger partial charge on any atom is 0.135 e. The molecule has 2 aliphatic rings. The summed E-state index contributed by atoms with van der Waals surface area (Å²) < 4.78 is 6.06. The van der Waals surface area contributed by atoms with Gasteiger partial charge >= 0.3 is 0 Å². The highest BCUT2D eigenvalue weighted by Gasteiger charge is 2.51. The van der Waals surface area contributed by atoms with Crippen molar-refractivity contribution in [3.8, 4) is 28.4 Å². The van der Waals surface area contributed by atoms with Crippen molar-refractivity contribution >= 4 is 0 Å². The van der Waals surface area contributed by atoms with Gasteiger partial charge in [0.1, 0.15) is 22.8 Å². The molecule has 2 aromatic carbocycles. The van der Waals surface area contributed by atoms with Crippen molar-refractivity contribution in [2.45, 2.75) is 25.4 Å². The Morgan fingerprint density at radius 3 is 2.58 bits per heavy atom. The number of phenolic OH excluding ortho intramolecular Hbond substituents is 2. The Hall–Kier alpha value is -2.16. The van der Waals surface area contributed by atoms with Crippen LogP contribution < -0.4 is 4.74 Å². The summed E-state index contributed by atoms with van der Waals surface area (Å²) in [5.74, 6) is 1.26. The van der Waals surface area contributed by atoms with Crippen molar-refractivity contribution in [1.82, 2.24) is 0 Å². The molecule has 1 spiro atoms. The van der Waals surface area contributed by atoms with E-state index >= 15 is 0 Å². The normalized spacial score (nSPS) is 17.5. The Morgan fingerprint density at radius 1 is 1.05 bits per heavy atom. The van der Waals surface area contributed by atoms with Crippen molar-refractivity contribution in [2.75, 3.05) is 0 Å². The van der Waals surface area contributed by atoms with Crippen LogP contribution in [0, 0.1) is 6.92 Å². The van der Waals surface area contributed by atoms with Crippen LogP contribution >= 0.6 is 0 Å². The minimum Gasteiger partial charge on any atom is -0.508 e. The van der Waals surface area contributed by atoms with Crippen molar-refractivity contribution in [3.05, 3.63) is 41.5 Å². The number of phenols is 2. The van der Waals surface area contributed by atoms with Gasteiger partial charge in [-0.3, -0.25) is 0 Å². The third-order valence-electron chi connectivity index (χ3n) is 4.09. The van der Waals surface area contributed by atoms with Gasteiger partial charge in [0.2, 0.25) is 0 Å². The topological polar surface area (TPSA) is 49.7 Å². The van der Waals surface area contributed by atoms with E-state index in [2.05, 4.69) is 0 Å². The Kier molecular flexibility index (Phi) is 1.83. The van der Waals surface area contributed by atoms with Gasteiger partial charge in [0, 0.05) is 17.2 Å². The molecule has 1 saturated carbocycles. The Labute approximate surface area is 111 Å². The highest BCUT2D eigenvalue weighted by atomic mass is 16.5. The molecule has 0 saturated heterocycles. The molecule has 1 heterocycles. The lowest BCUT2D eigenvalue weighted by molar-refractivity contribution is 0.176. The van der Waals surface area contributed by atoms with E-state index in [0.717, 1.165) is 40.8 Å². The number of fused-ring (bicyclic) bond motifs is 4. The van der Waals surface area contributed by atoms with Gasteiger partial charge < -0.3 is 14.9 Å². The number of rotatable bonds is 0. The van der Waals surface area contributed by atoms with Crippen molar-refractivity contribution in [3.63, 3.8) is 0 Å². The monoisotopic (exact) mass is 254 g/mol. The first-order chi connectivity index (χ1) is 9.09. The van der Waals surface area contributed by atoms with Gasteiger partial charge in [-0.15, -0.1) is 0 Å². The molecule has 0 radical (unpaired) electrons. The number of hydrogen-bond donors (Lipinski definition) is 2. The van der Waals surface area contributed by atoms with Crippen LogP contribution in [0.3, 0.4) is 0 Å². The molecule has 4 rings (SSSR count). The fourth-order valence-corrected chi connectivity index (χ4v) is 2.86. The maximum atomic E-state index is 9.93. The van der Waals surface area contributed by atoms with E-state index in [9.17, 15) is 10.2 Å². The van der Waals surface area contributed by atoms with E-state index in [-0.39, 0.29) is 11.4 Å². The molecule has 3 heteroatoms. The molecule has 1 fully saturated rings. The van der Waals surface area contributed by atoms with Gasteiger partial charge in [0.15, 0.2) is 0 Å². The number of ether oxygens (including phenoxy) is 1. The van der Waals surface area contributed by atoms with Crippen molar-refractivity contribution in [1.29, 1.82) is 0 Å². The number of hydrogen-bond acceptors (Lipinski definition) is 3. The molecule has 2 aromatic rings. The molecule has 0 bridgehead atoms. The van der Waals surface area contributed by atoms with Gasteiger partial charge in [0.25, 0.3) is 0 Å². The lowest BCUT2D eigenvalue weighted by Crippen LogP contribution is -2.21. The van der Waals surface area contributed by atoms with Crippen LogP contribution in [-0.4, -0.2) is 10.2 Å². The summed E-state index contributed by atoms with van der Waals surface area (Å²) in [7, 11) is 0. The van der Waals surface area contributed by atoms with Crippen LogP contribution in [0.25, 0.3) is 11.1 Å². The Bertz CT molecular complexity index is 699. The molecule has 0 atom stereocenters. The van der Waals surface area contributed by atoms with Gasteiger partial charge in [-0.2, -0.15) is 0 Å². The molecular weight excluding hydrogens is 240 g/mol. The van der Waals surface area contributed by atoms with E-state index in [1.807, 2.05) is 25.1 Å². The van der Waals surface area contributed by atoms with Crippen LogP contribution in [0.1, 0.15) is 24.0 Å². The molecule has 3 nitrogen and oxygen atoms in total. The average molecular weight is 254 g/mol. The molecule has 0 amide bonds. The Balaban J connectivity index is 2.04. The predicted molar refractivity (Wildman–Crippen MR) is 71.5 cm³/mol. The van der Waals surface area contributed by atoms with E-state index in [4.69, 9.17) is 4.74 Å². The first kappa shape index (κ1) is 10.7. The second-order valence-corrected chi connectivity index (χ2v) is 5.46. The second-order valence-electron chi connectivity index (χ2n) is 5.46. The molecule has 0 aromatic heterocycles. The average Bonchev–Trinajstić information content (AvgIpc) is 3.12.